The predicted octanol–water partition coefficient (Wildman–Crippen LogP) is 3.28. The van der Waals surface area contributed by atoms with Crippen LogP contribution in [0, 0.1) is 0 Å². The molecular weight excluding hydrogens is 362 g/mol. The van der Waals surface area contributed by atoms with Gasteiger partial charge in [-0.25, -0.2) is 18.1 Å². The molecule has 0 radical (unpaired) electrons. The van der Waals surface area contributed by atoms with Crippen LogP contribution < -0.4 is 9.62 Å². The molecule has 2 aromatic rings. The molecule has 0 spiro atoms. The van der Waals surface area contributed by atoms with Crippen molar-refractivity contribution in [2.75, 3.05) is 24.5 Å². The fourth-order valence-electron chi connectivity index (χ4n) is 2.72. The molecular formula is C16H23N3O2S3. The molecule has 0 atom stereocenters. The molecule has 1 saturated heterocycles. The minimum Gasteiger partial charge on any atom is -0.348 e. The van der Waals surface area contributed by atoms with Crippen LogP contribution in [-0.4, -0.2) is 33.0 Å². The van der Waals surface area contributed by atoms with Gasteiger partial charge in [-0.3, -0.25) is 0 Å². The number of nitrogens with zero attached hydrogens (tertiary/aromatic N) is 2. The Morgan fingerprint density at radius 3 is 2.75 bits per heavy atom. The van der Waals surface area contributed by atoms with E-state index in [0.29, 0.717) is 17.2 Å². The van der Waals surface area contributed by atoms with Gasteiger partial charge in [0, 0.05) is 36.3 Å². The Morgan fingerprint density at radius 1 is 1.25 bits per heavy atom. The summed E-state index contributed by atoms with van der Waals surface area (Å²) in [5, 5.41) is 3.11. The normalized spacial score (nSPS) is 15.8. The van der Waals surface area contributed by atoms with Crippen molar-refractivity contribution in [3.05, 3.63) is 28.1 Å². The van der Waals surface area contributed by atoms with Gasteiger partial charge in [0.1, 0.15) is 4.21 Å². The Hall–Kier alpha value is -0.960. The van der Waals surface area contributed by atoms with Crippen LogP contribution in [-0.2, 0) is 22.9 Å². The molecule has 5 nitrogen and oxygen atoms in total. The van der Waals surface area contributed by atoms with Crippen LogP contribution >= 0.6 is 22.7 Å². The lowest BCUT2D eigenvalue weighted by Gasteiger charge is -2.25. The molecule has 0 saturated carbocycles. The molecule has 0 amide bonds. The van der Waals surface area contributed by atoms with E-state index >= 15 is 0 Å². The van der Waals surface area contributed by atoms with E-state index in [0.717, 1.165) is 35.2 Å². The minimum atomic E-state index is -3.40. The first kappa shape index (κ1) is 17.8. The molecule has 0 aliphatic carbocycles. The SMILES string of the molecule is CCc1ccc(S(=O)(=O)NCCc2csc(N3CCCCC3)n2)s1. The summed E-state index contributed by atoms with van der Waals surface area (Å²) in [7, 11) is -3.40. The van der Waals surface area contributed by atoms with Crippen molar-refractivity contribution in [2.45, 2.75) is 43.2 Å². The first-order chi connectivity index (χ1) is 11.6. The highest BCUT2D eigenvalue weighted by atomic mass is 32.2. The molecule has 1 fully saturated rings. The van der Waals surface area contributed by atoms with E-state index in [1.807, 2.05) is 18.4 Å². The van der Waals surface area contributed by atoms with E-state index in [2.05, 4.69) is 14.6 Å². The lowest BCUT2D eigenvalue weighted by atomic mass is 10.1. The maximum absolute atomic E-state index is 12.3. The second-order valence-corrected chi connectivity index (χ2v) is 9.89. The fraction of sp³-hybridized carbons (Fsp3) is 0.562. The fourth-order valence-corrected chi connectivity index (χ4v) is 6.00. The number of thiophene rings is 1. The number of hydrogen-bond donors (Lipinski definition) is 1. The van der Waals surface area contributed by atoms with Gasteiger partial charge in [-0.2, -0.15) is 0 Å². The number of piperidine rings is 1. The number of nitrogens with one attached hydrogen (secondary N) is 1. The largest absolute Gasteiger partial charge is 0.348 e. The molecule has 3 rings (SSSR count). The molecule has 24 heavy (non-hydrogen) atoms. The van der Waals surface area contributed by atoms with E-state index in [-0.39, 0.29) is 0 Å². The lowest BCUT2D eigenvalue weighted by Crippen LogP contribution is -2.29. The maximum Gasteiger partial charge on any atom is 0.250 e. The number of rotatable bonds is 7. The highest BCUT2D eigenvalue weighted by Crippen LogP contribution is 2.24. The second-order valence-electron chi connectivity index (χ2n) is 5.89. The van der Waals surface area contributed by atoms with E-state index in [1.165, 1.54) is 30.6 Å². The number of aryl methyl sites for hydroxylation is 1. The van der Waals surface area contributed by atoms with Crippen LogP contribution in [0.3, 0.4) is 0 Å². The van der Waals surface area contributed by atoms with Gasteiger partial charge in [-0.15, -0.1) is 22.7 Å². The second kappa shape index (κ2) is 7.95. The van der Waals surface area contributed by atoms with Crippen molar-refractivity contribution in [1.29, 1.82) is 0 Å². The smallest absolute Gasteiger partial charge is 0.250 e. The van der Waals surface area contributed by atoms with Gasteiger partial charge >= 0.3 is 0 Å². The van der Waals surface area contributed by atoms with Gasteiger partial charge < -0.3 is 4.90 Å². The van der Waals surface area contributed by atoms with Gasteiger partial charge in [-0.1, -0.05) is 6.92 Å². The number of aromatic nitrogens is 1. The summed E-state index contributed by atoms with van der Waals surface area (Å²) in [5.74, 6) is 0. The summed E-state index contributed by atoms with van der Waals surface area (Å²) in [6.07, 6.45) is 5.25. The number of anilines is 1. The molecule has 1 aliphatic heterocycles. The van der Waals surface area contributed by atoms with Gasteiger partial charge in [0.25, 0.3) is 0 Å². The van der Waals surface area contributed by atoms with Gasteiger partial charge in [0.2, 0.25) is 10.0 Å². The van der Waals surface area contributed by atoms with Gasteiger partial charge in [0.05, 0.1) is 5.69 Å². The van der Waals surface area contributed by atoms with Gasteiger partial charge in [0.15, 0.2) is 5.13 Å². The maximum atomic E-state index is 12.3. The average Bonchev–Trinajstić information content (AvgIpc) is 3.25. The van der Waals surface area contributed by atoms with Crippen molar-refractivity contribution >= 4 is 37.8 Å². The molecule has 132 valence electrons. The van der Waals surface area contributed by atoms with Crippen molar-refractivity contribution in [3.63, 3.8) is 0 Å². The summed E-state index contributed by atoms with van der Waals surface area (Å²) in [5.41, 5.74) is 0.962. The summed E-state index contributed by atoms with van der Waals surface area (Å²) < 4.78 is 27.6. The zero-order valence-electron chi connectivity index (χ0n) is 13.8. The van der Waals surface area contributed by atoms with Gasteiger partial charge in [-0.05, 0) is 37.8 Å². The molecule has 0 unspecified atom stereocenters. The number of thiazole rings is 1. The highest BCUT2D eigenvalue weighted by molar-refractivity contribution is 7.91. The van der Waals surface area contributed by atoms with Crippen molar-refractivity contribution in [1.82, 2.24) is 9.71 Å². The lowest BCUT2D eigenvalue weighted by molar-refractivity contribution is 0.576. The van der Waals surface area contributed by atoms with Crippen molar-refractivity contribution in [3.8, 4) is 0 Å². The van der Waals surface area contributed by atoms with E-state index < -0.39 is 10.0 Å². The van der Waals surface area contributed by atoms with Crippen LogP contribution in [0.1, 0.15) is 36.8 Å². The van der Waals surface area contributed by atoms with Crippen LogP contribution in [0.2, 0.25) is 0 Å². The Bertz CT molecular complexity index is 761. The molecule has 8 heteroatoms. The Morgan fingerprint density at radius 2 is 2.04 bits per heavy atom. The molecule has 0 bridgehead atoms. The molecule has 3 heterocycles. The third kappa shape index (κ3) is 4.36. The van der Waals surface area contributed by atoms with Crippen molar-refractivity contribution in [2.24, 2.45) is 0 Å². The molecule has 0 aromatic carbocycles. The van der Waals surface area contributed by atoms with E-state index in [9.17, 15) is 8.42 Å². The number of hydrogen-bond acceptors (Lipinski definition) is 6. The van der Waals surface area contributed by atoms with Crippen molar-refractivity contribution < 1.29 is 8.42 Å². The van der Waals surface area contributed by atoms with Crippen LogP contribution in [0.25, 0.3) is 0 Å². The third-order valence-electron chi connectivity index (χ3n) is 4.09. The molecule has 1 aliphatic rings. The summed E-state index contributed by atoms with van der Waals surface area (Å²) in [6, 6.07) is 3.56. The van der Waals surface area contributed by atoms with Crippen LogP contribution in [0.5, 0.6) is 0 Å². The Labute approximate surface area is 151 Å². The quantitative estimate of drug-likeness (QED) is 0.794. The summed E-state index contributed by atoms with van der Waals surface area (Å²) in [4.78, 5) is 8.07. The first-order valence-corrected chi connectivity index (χ1v) is 11.5. The minimum absolute atomic E-state index is 0.380. The Balaban J connectivity index is 1.53. The zero-order chi connectivity index (χ0) is 17.0. The van der Waals surface area contributed by atoms with E-state index in [1.54, 1.807) is 17.4 Å². The standard InChI is InChI=1S/C16H23N3O2S3/c1-2-14-6-7-15(23-14)24(20,21)17-9-8-13-12-22-16(18-13)19-10-4-3-5-11-19/h6-7,12,17H,2-5,8-11H2,1H3. The molecule has 2 aromatic heterocycles. The first-order valence-electron chi connectivity index (χ1n) is 8.36. The van der Waals surface area contributed by atoms with Crippen LogP contribution in [0.4, 0.5) is 5.13 Å². The van der Waals surface area contributed by atoms with Crippen LogP contribution in [0.15, 0.2) is 21.7 Å². The Kier molecular flexibility index (Phi) is 5.91. The third-order valence-corrected chi connectivity index (χ3v) is 8.22. The highest BCUT2D eigenvalue weighted by Gasteiger charge is 2.17. The molecule has 1 N–H and O–H groups in total. The number of sulfonamides is 1. The van der Waals surface area contributed by atoms with E-state index in [4.69, 9.17) is 0 Å². The predicted molar refractivity (Wildman–Crippen MR) is 101 cm³/mol. The zero-order valence-corrected chi connectivity index (χ0v) is 16.3. The average molecular weight is 386 g/mol. The summed E-state index contributed by atoms with van der Waals surface area (Å²) in [6.45, 7) is 4.57. The summed E-state index contributed by atoms with van der Waals surface area (Å²) >= 11 is 2.99. The topological polar surface area (TPSA) is 62.3 Å². The monoisotopic (exact) mass is 385 g/mol.